The highest BCUT2D eigenvalue weighted by Gasteiger charge is 2.19. The Morgan fingerprint density at radius 2 is 2.05 bits per heavy atom. The lowest BCUT2D eigenvalue weighted by molar-refractivity contribution is 0.262. The lowest BCUT2D eigenvalue weighted by Crippen LogP contribution is -2.33. The van der Waals surface area contributed by atoms with Gasteiger partial charge < -0.3 is 10.6 Å². The number of hydrogen-bond acceptors (Lipinski definition) is 2. The normalized spacial score (nSPS) is 22.0. The number of likely N-dealkylation sites (tertiary alicyclic amines) is 1. The molecule has 0 aliphatic carbocycles. The van der Waals surface area contributed by atoms with Gasteiger partial charge in [-0.1, -0.05) is 43.5 Å². The van der Waals surface area contributed by atoms with Crippen LogP contribution < -0.4 is 5.73 Å². The number of nitrogens with two attached hydrogens (primary N) is 1. The first-order valence-corrected chi connectivity index (χ1v) is 8.65. The second kappa shape index (κ2) is 7.95. The van der Waals surface area contributed by atoms with Crippen molar-refractivity contribution in [1.82, 2.24) is 4.90 Å². The van der Waals surface area contributed by atoms with Crippen LogP contribution >= 0.6 is 0 Å². The summed E-state index contributed by atoms with van der Waals surface area (Å²) in [6.45, 7) is 10.1. The molecule has 118 valence electrons. The highest BCUT2D eigenvalue weighted by atomic mass is 15.1. The van der Waals surface area contributed by atoms with E-state index in [-0.39, 0.29) is 6.04 Å². The van der Waals surface area contributed by atoms with Gasteiger partial charge in [0.25, 0.3) is 0 Å². The van der Waals surface area contributed by atoms with E-state index < -0.39 is 0 Å². The van der Waals surface area contributed by atoms with Crippen molar-refractivity contribution in [2.24, 2.45) is 11.7 Å². The first-order chi connectivity index (χ1) is 10.1. The van der Waals surface area contributed by atoms with Crippen molar-refractivity contribution >= 4 is 0 Å². The van der Waals surface area contributed by atoms with Crippen LogP contribution in [0.5, 0.6) is 0 Å². The molecule has 1 aromatic carbocycles. The van der Waals surface area contributed by atoms with Gasteiger partial charge in [0.05, 0.1) is 0 Å². The molecule has 1 aromatic rings. The number of nitrogens with zero attached hydrogens (tertiary/aromatic N) is 1. The molecule has 21 heavy (non-hydrogen) atoms. The standard InChI is InChI=1S/C19H32N2/c1-4-6-17-7-5-11-21(12-10-17)14-19(20)18-13-15(2)8-9-16(18)3/h8-9,13,17,19H,4-7,10-12,14,20H2,1-3H3. The van der Waals surface area contributed by atoms with Gasteiger partial charge in [-0.05, 0) is 63.2 Å². The SMILES string of the molecule is CCCC1CCCN(CC(N)c2cc(C)ccc2C)CC1. The Morgan fingerprint density at radius 3 is 2.81 bits per heavy atom. The molecule has 1 saturated heterocycles. The first kappa shape index (κ1) is 16.5. The average molecular weight is 288 g/mol. The summed E-state index contributed by atoms with van der Waals surface area (Å²) in [5.74, 6) is 0.942. The number of benzene rings is 1. The van der Waals surface area contributed by atoms with E-state index in [1.165, 1.54) is 61.9 Å². The molecule has 1 aliphatic rings. The highest BCUT2D eigenvalue weighted by molar-refractivity contribution is 5.33. The Bertz CT molecular complexity index is 441. The van der Waals surface area contributed by atoms with Crippen molar-refractivity contribution in [2.45, 2.75) is 58.9 Å². The number of hydrogen-bond donors (Lipinski definition) is 1. The van der Waals surface area contributed by atoms with Gasteiger partial charge in [0, 0.05) is 12.6 Å². The third-order valence-corrected chi connectivity index (χ3v) is 4.93. The predicted molar refractivity (Wildman–Crippen MR) is 91.5 cm³/mol. The summed E-state index contributed by atoms with van der Waals surface area (Å²) in [5.41, 5.74) is 10.5. The maximum atomic E-state index is 6.50. The second-order valence-electron chi connectivity index (χ2n) is 6.85. The van der Waals surface area contributed by atoms with Crippen molar-refractivity contribution < 1.29 is 0 Å². The van der Waals surface area contributed by atoms with E-state index in [4.69, 9.17) is 5.73 Å². The van der Waals surface area contributed by atoms with E-state index in [0.717, 1.165) is 12.5 Å². The monoisotopic (exact) mass is 288 g/mol. The van der Waals surface area contributed by atoms with E-state index in [2.05, 4.69) is 43.9 Å². The van der Waals surface area contributed by atoms with Gasteiger partial charge in [-0.3, -0.25) is 0 Å². The zero-order valence-corrected chi connectivity index (χ0v) is 14.1. The Hall–Kier alpha value is -0.860. The largest absolute Gasteiger partial charge is 0.323 e. The van der Waals surface area contributed by atoms with Gasteiger partial charge in [0.15, 0.2) is 0 Å². The maximum absolute atomic E-state index is 6.50. The molecule has 2 atom stereocenters. The number of aryl methyl sites for hydroxylation is 2. The van der Waals surface area contributed by atoms with E-state index in [9.17, 15) is 0 Å². The van der Waals surface area contributed by atoms with Crippen molar-refractivity contribution in [1.29, 1.82) is 0 Å². The first-order valence-electron chi connectivity index (χ1n) is 8.65. The molecule has 0 bridgehead atoms. The van der Waals surface area contributed by atoms with Crippen LogP contribution in [-0.4, -0.2) is 24.5 Å². The molecule has 1 heterocycles. The molecule has 0 radical (unpaired) electrons. The fourth-order valence-corrected chi connectivity index (χ4v) is 3.64. The van der Waals surface area contributed by atoms with Crippen LogP contribution in [0.15, 0.2) is 18.2 Å². The molecule has 2 N–H and O–H groups in total. The topological polar surface area (TPSA) is 29.3 Å². The molecule has 2 rings (SSSR count). The molecular weight excluding hydrogens is 256 g/mol. The molecule has 0 spiro atoms. The molecular formula is C19H32N2. The van der Waals surface area contributed by atoms with Crippen molar-refractivity contribution in [3.63, 3.8) is 0 Å². The smallest absolute Gasteiger partial charge is 0.0427 e. The van der Waals surface area contributed by atoms with Crippen LogP contribution in [0.4, 0.5) is 0 Å². The van der Waals surface area contributed by atoms with E-state index in [1.54, 1.807) is 0 Å². The minimum absolute atomic E-state index is 0.146. The van der Waals surface area contributed by atoms with E-state index in [1.807, 2.05) is 0 Å². The third kappa shape index (κ3) is 4.82. The zero-order chi connectivity index (χ0) is 15.2. The molecule has 2 unspecified atom stereocenters. The summed E-state index contributed by atoms with van der Waals surface area (Å²) in [5, 5.41) is 0. The fourth-order valence-electron chi connectivity index (χ4n) is 3.64. The summed E-state index contributed by atoms with van der Waals surface area (Å²) < 4.78 is 0. The molecule has 0 aromatic heterocycles. The summed E-state index contributed by atoms with van der Waals surface area (Å²) in [6, 6.07) is 6.78. The molecule has 2 nitrogen and oxygen atoms in total. The van der Waals surface area contributed by atoms with Crippen LogP contribution in [0.1, 0.15) is 61.8 Å². The Labute approximate surface area is 130 Å². The molecule has 1 fully saturated rings. The lowest BCUT2D eigenvalue weighted by Gasteiger charge is -2.25. The van der Waals surface area contributed by atoms with Crippen molar-refractivity contribution in [3.8, 4) is 0 Å². The van der Waals surface area contributed by atoms with E-state index in [0.29, 0.717) is 0 Å². The molecule has 2 heteroatoms. The van der Waals surface area contributed by atoms with Gasteiger partial charge >= 0.3 is 0 Å². The van der Waals surface area contributed by atoms with Crippen LogP contribution in [0.2, 0.25) is 0 Å². The Morgan fingerprint density at radius 1 is 1.24 bits per heavy atom. The van der Waals surface area contributed by atoms with Crippen LogP contribution in [-0.2, 0) is 0 Å². The minimum atomic E-state index is 0.146. The Kier molecular flexibility index (Phi) is 6.25. The summed E-state index contributed by atoms with van der Waals surface area (Å²) in [6.07, 6.45) is 6.82. The van der Waals surface area contributed by atoms with Crippen LogP contribution in [0, 0.1) is 19.8 Å². The lowest BCUT2D eigenvalue weighted by atomic mass is 9.96. The fraction of sp³-hybridized carbons (Fsp3) is 0.684. The van der Waals surface area contributed by atoms with Gasteiger partial charge in [-0.2, -0.15) is 0 Å². The summed E-state index contributed by atoms with van der Waals surface area (Å²) in [4.78, 5) is 2.59. The molecule has 0 amide bonds. The molecule has 0 saturated carbocycles. The molecule has 1 aliphatic heterocycles. The van der Waals surface area contributed by atoms with Gasteiger partial charge in [-0.15, -0.1) is 0 Å². The third-order valence-electron chi connectivity index (χ3n) is 4.93. The maximum Gasteiger partial charge on any atom is 0.0427 e. The van der Waals surface area contributed by atoms with Crippen LogP contribution in [0.25, 0.3) is 0 Å². The van der Waals surface area contributed by atoms with Gasteiger partial charge in [-0.25, -0.2) is 0 Å². The van der Waals surface area contributed by atoms with Gasteiger partial charge in [0.2, 0.25) is 0 Å². The second-order valence-corrected chi connectivity index (χ2v) is 6.85. The van der Waals surface area contributed by atoms with Crippen molar-refractivity contribution in [3.05, 3.63) is 34.9 Å². The quantitative estimate of drug-likeness (QED) is 0.879. The predicted octanol–water partition coefficient (Wildman–Crippen LogP) is 4.21. The summed E-state index contributed by atoms with van der Waals surface area (Å²) >= 11 is 0. The van der Waals surface area contributed by atoms with Gasteiger partial charge in [0.1, 0.15) is 0 Å². The average Bonchev–Trinajstić information content (AvgIpc) is 2.67. The van der Waals surface area contributed by atoms with E-state index >= 15 is 0 Å². The summed E-state index contributed by atoms with van der Waals surface area (Å²) in [7, 11) is 0. The highest BCUT2D eigenvalue weighted by Crippen LogP contribution is 2.24. The zero-order valence-electron chi connectivity index (χ0n) is 14.1. The van der Waals surface area contributed by atoms with Crippen LogP contribution in [0.3, 0.4) is 0 Å². The van der Waals surface area contributed by atoms with Crippen molar-refractivity contribution in [2.75, 3.05) is 19.6 Å². The minimum Gasteiger partial charge on any atom is -0.323 e. The Balaban J connectivity index is 1.93. The number of rotatable bonds is 5.